The van der Waals surface area contributed by atoms with E-state index in [-0.39, 0.29) is 6.04 Å². The Kier molecular flexibility index (Phi) is 5.41. The SMILES string of the molecule is CC1=C(c2ccccc2)C=CN([C@@H](c2ccccc2)[C@@H](O)c2ccccc2)C1. The lowest BCUT2D eigenvalue weighted by molar-refractivity contribution is 0.0768. The number of allylic oxidation sites excluding steroid dienone is 2. The summed E-state index contributed by atoms with van der Waals surface area (Å²) >= 11 is 0. The Morgan fingerprint density at radius 2 is 1.29 bits per heavy atom. The maximum absolute atomic E-state index is 11.3. The number of aliphatic hydroxyl groups excluding tert-OH is 1. The molecular formula is C26H25NO. The van der Waals surface area contributed by atoms with Crippen molar-refractivity contribution in [3.05, 3.63) is 126 Å². The van der Waals surface area contributed by atoms with Crippen molar-refractivity contribution in [2.45, 2.75) is 19.1 Å². The van der Waals surface area contributed by atoms with Gasteiger partial charge in [0.15, 0.2) is 0 Å². The van der Waals surface area contributed by atoms with Crippen LogP contribution in [0.4, 0.5) is 0 Å². The van der Waals surface area contributed by atoms with Crippen LogP contribution in [-0.2, 0) is 0 Å². The summed E-state index contributed by atoms with van der Waals surface area (Å²) in [6.07, 6.45) is 3.68. The highest BCUT2D eigenvalue weighted by atomic mass is 16.3. The Morgan fingerprint density at radius 1 is 0.750 bits per heavy atom. The van der Waals surface area contributed by atoms with Crippen molar-refractivity contribution >= 4 is 5.57 Å². The smallest absolute Gasteiger partial charge is 0.103 e. The fourth-order valence-electron chi connectivity index (χ4n) is 3.91. The molecular weight excluding hydrogens is 342 g/mol. The molecule has 1 aliphatic heterocycles. The van der Waals surface area contributed by atoms with Gasteiger partial charge in [0.25, 0.3) is 0 Å². The fraction of sp³-hybridized carbons (Fsp3) is 0.154. The minimum Gasteiger partial charge on any atom is -0.386 e. The largest absolute Gasteiger partial charge is 0.386 e. The van der Waals surface area contributed by atoms with Gasteiger partial charge < -0.3 is 10.0 Å². The standard InChI is InChI=1S/C26H25NO/c1-20-19-27(18-17-24(20)21-11-5-2-6-12-21)25(22-13-7-3-8-14-22)26(28)23-15-9-4-10-16-23/h2-18,25-26,28H,19H2,1H3/t25-,26-/m0/s1. The molecule has 0 aliphatic carbocycles. The summed E-state index contributed by atoms with van der Waals surface area (Å²) in [6.45, 7) is 2.96. The first-order valence-electron chi connectivity index (χ1n) is 9.71. The van der Waals surface area contributed by atoms with E-state index in [0.717, 1.165) is 17.7 Å². The Bertz CT molecular complexity index is 961. The van der Waals surface area contributed by atoms with E-state index in [1.807, 2.05) is 54.6 Å². The monoisotopic (exact) mass is 367 g/mol. The third-order valence-electron chi connectivity index (χ3n) is 5.34. The quantitative estimate of drug-likeness (QED) is 0.619. The average molecular weight is 367 g/mol. The highest BCUT2D eigenvalue weighted by Gasteiger charge is 2.29. The molecule has 28 heavy (non-hydrogen) atoms. The lowest BCUT2D eigenvalue weighted by atomic mass is 9.92. The van der Waals surface area contributed by atoms with Gasteiger partial charge in [-0.1, -0.05) is 91.0 Å². The lowest BCUT2D eigenvalue weighted by Gasteiger charge is -2.37. The second-order valence-corrected chi connectivity index (χ2v) is 7.26. The van der Waals surface area contributed by atoms with Gasteiger partial charge in [-0.15, -0.1) is 0 Å². The number of hydrogen-bond donors (Lipinski definition) is 1. The van der Waals surface area contributed by atoms with Crippen LogP contribution in [0.5, 0.6) is 0 Å². The minimum atomic E-state index is -0.612. The summed E-state index contributed by atoms with van der Waals surface area (Å²) in [5, 5.41) is 11.3. The normalized spacial score (nSPS) is 16.1. The Hall–Kier alpha value is -3.10. The first kappa shape index (κ1) is 18.3. The molecule has 1 aliphatic rings. The summed E-state index contributed by atoms with van der Waals surface area (Å²) in [5.41, 5.74) is 5.84. The highest BCUT2D eigenvalue weighted by molar-refractivity contribution is 5.77. The molecule has 0 saturated heterocycles. The van der Waals surface area contributed by atoms with Crippen molar-refractivity contribution in [3.63, 3.8) is 0 Å². The number of benzene rings is 3. The van der Waals surface area contributed by atoms with Gasteiger partial charge in [-0.05, 0) is 40.8 Å². The maximum Gasteiger partial charge on any atom is 0.103 e. The van der Waals surface area contributed by atoms with Gasteiger partial charge in [-0.3, -0.25) is 0 Å². The summed E-state index contributed by atoms with van der Waals surface area (Å²) in [7, 11) is 0. The van der Waals surface area contributed by atoms with Gasteiger partial charge in [-0.2, -0.15) is 0 Å². The van der Waals surface area contributed by atoms with E-state index in [2.05, 4.69) is 60.5 Å². The molecule has 3 aromatic rings. The molecule has 0 amide bonds. The van der Waals surface area contributed by atoms with Crippen molar-refractivity contribution in [2.24, 2.45) is 0 Å². The maximum atomic E-state index is 11.3. The summed E-state index contributed by atoms with van der Waals surface area (Å²) in [6, 6.07) is 30.5. The Morgan fingerprint density at radius 3 is 1.86 bits per heavy atom. The van der Waals surface area contributed by atoms with E-state index in [1.54, 1.807) is 0 Å². The average Bonchev–Trinajstić information content (AvgIpc) is 2.76. The first-order valence-corrected chi connectivity index (χ1v) is 9.71. The van der Waals surface area contributed by atoms with Crippen molar-refractivity contribution in [3.8, 4) is 0 Å². The molecule has 2 heteroatoms. The molecule has 3 aromatic carbocycles. The third-order valence-corrected chi connectivity index (χ3v) is 5.34. The van der Waals surface area contributed by atoms with Crippen LogP contribution in [0.3, 0.4) is 0 Å². The van der Waals surface area contributed by atoms with Gasteiger partial charge in [0.05, 0.1) is 6.04 Å². The molecule has 0 aromatic heterocycles. The molecule has 1 heterocycles. The van der Waals surface area contributed by atoms with Crippen molar-refractivity contribution < 1.29 is 5.11 Å². The zero-order chi connectivity index (χ0) is 19.3. The van der Waals surface area contributed by atoms with E-state index in [0.29, 0.717) is 0 Å². The van der Waals surface area contributed by atoms with E-state index in [4.69, 9.17) is 0 Å². The predicted molar refractivity (Wildman–Crippen MR) is 115 cm³/mol. The summed E-state index contributed by atoms with van der Waals surface area (Å²) in [5.74, 6) is 0. The molecule has 0 unspecified atom stereocenters. The molecule has 4 rings (SSSR count). The van der Waals surface area contributed by atoms with Gasteiger partial charge in [-0.25, -0.2) is 0 Å². The second-order valence-electron chi connectivity index (χ2n) is 7.26. The molecule has 0 radical (unpaired) electrons. The van der Waals surface area contributed by atoms with E-state index in [9.17, 15) is 5.11 Å². The Labute approximate surface area is 167 Å². The number of nitrogens with zero attached hydrogens (tertiary/aromatic N) is 1. The van der Waals surface area contributed by atoms with E-state index in [1.165, 1.54) is 16.7 Å². The minimum absolute atomic E-state index is 0.146. The van der Waals surface area contributed by atoms with Crippen LogP contribution >= 0.6 is 0 Å². The zero-order valence-corrected chi connectivity index (χ0v) is 16.1. The Balaban J connectivity index is 1.67. The first-order chi connectivity index (χ1) is 13.7. The van der Waals surface area contributed by atoms with Crippen molar-refractivity contribution in [1.82, 2.24) is 4.90 Å². The molecule has 2 nitrogen and oxygen atoms in total. The highest BCUT2D eigenvalue weighted by Crippen LogP contribution is 2.37. The van der Waals surface area contributed by atoms with Crippen LogP contribution in [0.2, 0.25) is 0 Å². The summed E-state index contributed by atoms with van der Waals surface area (Å²) in [4.78, 5) is 2.24. The molecule has 0 fully saturated rings. The lowest BCUT2D eigenvalue weighted by Crippen LogP contribution is -2.31. The zero-order valence-electron chi connectivity index (χ0n) is 16.1. The number of rotatable bonds is 5. The fourth-order valence-corrected chi connectivity index (χ4v) is 3.91. The number of hydrogen-bond acceptors (Lipinski definition) is 2. The molecule has 0 saturated carbocycles. The van der Waals surface area contributed by atoms with Crippen LogP contribution in [0.1, 0.15) is 35.8 Å². The van der Waals surface area contributed by atoms with E-state index >= 15 is 0 Å². The van der Waals surface area contributed by atoms with Crippen LogP contribution in [0.25, 0.3) is 5.57 Å². The van der Waals surface area contributed by atoms with Crippen molar-refractivity contribution in [2.75, 3.05) is 6.54 Å². The molecule has 140 valence electrons. The van der Waals surface area contributed by atoms with Crippen LogP contribution in [0, 0.1) is 0 Å². The molecule has 0 bridgehead atoms. The molecule has 2 atom stereocenters. The second kappa shape index (κ2) is 8.28. The van der Waals surface area contributed by atoms with E-state index < -0.39 is 6.10 Å². The topological polar surface area (TPSA) is 23.5 Å². The third kappa shape index (κ3) is 3.78. The summed E-state index contributed by atoms with van der Waals surface area (Å²) < 4.78 is 0. The van der Waals surface area contributed by atoms with Gasteiger partial charge >= 0.3 is 0 Å². The van der Waals surface area contributed by atoms with Crippen LogP contribution in [0.15, 0.2) is 109 Å². The van der Waals surface area contributed by atoms with Crippen LogP contribution in [-0.4, -0.2) is 16.6 Å². The molecule has 0 spiro atoms. The van der Waals surface area contributed by atoms with Gasteiger partial charge in [0.1, 0.15) is 6.10 Å². The van der Waals surface area contributed by atoms with Crippen molar-refractivity contribution in [1.29, 1.82) is 0 Å². The number of aliphatic hydroxyl groups is 1. The van der Waals surface area contributed by atoms with Crippen LogP contribution < -0.4 is 0 Å². The predicted octanol–water partition coefficient (Wildman–Crippen LogP) is 5.76. The molecule has 1 N–H and O–H groups in total. The van der Waals surface area contributed by atoms with Gasteiger partial charge in [0, 0.05) is 12.7 Å². The van der Waals surface area contributed by atoms with Gasteiger partial charge in [0.2, 0.25) is 0 Å².